The van der Waals surface area contributed by atoms with Crippen LogP contribution in [0, 0.1) is 0 Å². The molecule has 6 heteroatoms. The van der Waals surface area contributed by atoms with Crippen molar-refractivity contribution in [3.63, 3.8) is 0 Å². The number of unbranched alkanes of at least 4 members (excludes halogenated alkanes) is 54. The Kier molecular flexibility index (Phi) is 66.0. The second kappa shape index (κ2) is 67.7. The van der Waals surface area contributed by atoms with Crippen molar-refractivity contribution in [3.8, 4) is 0 Å². The van der Waals surface area contributed by atoms with Crippen molar-refractivity contribution < 1.29 is 28.6 Å². The lowest BCUT2D eigenvalue weighted by atomic mass is 10.0. The molecule has 0 aromatic carbocycles. The molecule has 0 saturated carbocycles. The number of hydrogen-bond donors (Lipinski definition) is 0. The topological polar surface area (TPSA) is 78.9 Å². The minimum atomic E-state index is -0.768. The number of ether oxygens (including phenoxy) is 3. The van der Waals surface area contributed by atoms with Crippen LogP contribution in [0.25, 0.3) is 0 Å². The second-order valence-corrected chi connectivity index (χ2v) is 24.5. The molecule has 1 unspecified atom stereocenters. The monoisotopic (exact) mass is 1100 g/mol. The Labute approximate surface area is 488 Å². The summed E-state index contributed by atoms with van der Waals surface area (Å²) in [5.41, 5.74) is 0. The molecule has 0 N–H and O–H groups in total. The average molecular weight is 1100 g/mol. The third-order valence-electron chi connectivity index (χ3n) is 16.5. The molecule has 0 saturated heterocycles. The van der Waals surface area contributed by atoms with Gasteiger partial charge >= 0.3 is 17.9 Å². The van der Waals surface area contributed by atoms with Crippen LogP contribution in [0.3, 0.4) is 0 Å². The van der Waals surface area contributed by atoms with E-state index in [1.165, 1.54) is 315 Å². The van der Waals surface area contributed by atoms with Crippen LogP contribution in [-0.2, 0) is 28.6 Å². The molecule has 0 radical (unpaired) electrons. The molecule has 0 bridgehead atoms. The lowest BCUT2D eigenvalue weighted by Crippen LogP contribution is -2.30. The van der Waals surface area contributed by atoms with Gasteiger partial charge in [-0.3, -0.25) is 14.4 Å². The van der Waals surface area contributed by atoms with Gasteiger partial charge in [-0.1, -0.05) is 360 Å². The van der Waals surface area contributed by atoms with Crippen molar-refractivity contribution >= 4 is 17.9 Å². The van der Waals surface area contributed by atoms with E-state index in [1.807, 2.05) is 0 Å². The Morgan fingerprint density at radius 2 is 0.423 bits per heavy atom. The van der Waals surface area contributed by atoms with Crippen molar-refractivity contribution in [1.29, 1.82) is 0 Å². The zero-order valence-corrected chi connectivity index (χ0v) is 53.2. The van der Waals surface area contributed by atoms with Gasteiger partial charge in [-0.15, -0.1) is 0 Å². The quantitative estimate of drug-likeness (QED) is 0.0261. The van der Waals surface area contributed by atoms with E-state index in [-0.39, 0.29) is 31.1 Å². The van der Waals surface area contributed by atoms with Gasteiger partial charge in [0, 0.05) is 19.3 Å². The third-order valence-corrected chi connectivity index (χ3v) is 16.5. The molecule has 0 aliphatic rings. The van der Waals surface area contributed by atoms with Gasteiger partial charge in [-0.05, 0) is 44.9 Å². The molecular formula is C72H138O6. The lowest BCUT2D eigenvalue weighted by molar-refractivity contribution is -0.167. The Bertz CT molecular complexity index is 1210. The third kappa shape index (κ3) is 65.0. The number of rotatable bonds is 67. The highest BCUT2D eigenvalue weighted by Crippen LogP contribution is 2.19. The van der Waals surface area contributed by atoms with Crippen LogP contribution < -0.4 is 0 Å². The highest BCUT2D eigenvalue weighted by atomic mass is 16.6. The molecule has 0 aromatic rings. The Balaban J connectivity index is 4.01. The van der Waals surface area contributed by atoms with Crippen molar-refractivity contribution in [2.24, 2.45) is 0 Å². The summed E-state index contributed by atoms with van der Waals surface area (Å²) in [7, 11) is 0. The van der Waals surface area contributed by atoms with E-state index in [0.717, 1.165) is 57.8 Å². The van der Waals surface area contributed by atoms with Crippen LogP contribution in [0.1, 0.15) is 412 Å². The normalized spacial score (nSPS) is 12.0. The van der Waals surface area contributed by atoms with Crippen LogP contribution in [0.4, 0.5) is 0 Å². The summed E-state index contributed by atoms with van der Waals surface area (Å²) in [5.74, 6) is -0.841. The van der Waals surface area contributed by atoms with E-state index in [4.69, 9.17) is 14.2 Å². The zero-order valence-electron chi connectivity index (χ0n) is 53.2. The first-order chi connectivity index (χ1) is 38.5. The van der Waals surface area contributed by atoms with Gasteiger partial charge in [0.25, 0.3) is 0 Å². The van der Waals surface area contributed by atoms with E-state index in [0.29, 0.717) is 19.3 Å². The predicted molar refractivity (Wildman–Crippen MR) is 340 cm³/mol. The fourth-order valence-corrected chi connectivity index (χ4v) is 11.2. The van der Waals surface area contributed by atoms with Crippen molar-refractivity contribution in [3.05, 3.63) is 12.2 Å². The van der Waals surface area contributed by atoms with E-state index < -0.39 is 6.10 Å². The lowest BCUT2D eigenvalue weighted by Gasteiger charge is -2.18. The highest BCUT2D eigenvalue weighted by Gasteiger charge is 2.19. The van der Waals surface area contributed by atoms with E-state index in [9.17, 15) is 14.4 Å². The van der Waals surface area contributed by atoms with Gasteiger partial charge in [0.1, 0.15) is 13.2 Å². The molecule has 0 fully saturated rings. The Hall–Kier alpha value is -1.85. The fourth-order valence-electron chi connectivity index (χ4n) is 11.2. The molecule has 78 heavy (non-hydrogen) atoms. The van der Waals surface area contributed by atoms with Crippen molar-refractivity contribution in [2.45, 2.75) is 419 Å². The molecular weight excluding hydrogens is 961 g/mol. The van der Waals surface area contributed by atoms with Gasteiger partial charge in [-0.25, -0.2) is 0 Å². The first-order valence-corrected chi connectivity index (χ1v) is 35.7. The first kappa shape index (κ1) is 76.1. The molecule has 0 rings (SSSR count). The maximum Gasteiger partial charge on any atom is 0.306 e. The van der Waals surface area contributed by atoms with Gasteiger partial charge in [0.15, 0.2) is 6.10 Å². The Morgan fingerprint density at radius 3 is 0.641 bits per heavy atom. The van der Waals surface area contributed by atoms with Crippen LogP contribution >= 0.6 is 0 Å². The van der Waals surface area contributed by atoms with E-state index in [1.54, 1.807) is 0 Å². The summed E-state index contributed by atoms with van der Waals surface area (Å²) < 4.78 is 16.9. The SMILES string of the molecule is CCCCCCCC/C=C\CCCCCCCCCC(=O)OC(COC(=O)CCCCCCCCCCCC)COC(=O)CCCCCCCCCCCCCCCCCCCCCCCCCCCCCCCCCCC. The summed E-state index contributed by atoms with van der Waals surface area (Å²) in [6.45, 7) is 6.70. The number of allylic oxidation sites excluding steroid dienone is 2. The second-order valence-electron chi connectivity index (χ2n) is 24.5. The van der Waals surface area contributed by atoms with Gasteiger partial charge < -0.3 is 14.2 Å². The summed E-state index contributed by atoms with van der Waals surface area (Å²) >= 11 is 0. The van der Waals surface area contributed by atoms with Crippen molar-refractivity contribution in [1.82, 2.24) is 0 Å². The zero-order chi connectivity index (χ0) is 56.4. The molecule has 6 nitrogen and oxygen atoms in total. The maximum atomic E-state index is 12.9. The largest absolute Gasteiger partial charge is 0.462 e. The van der Waals surface area contributed by atoms with Crippen LogP contribution in [-0.4, -0.2) is 37.2 Å². The van der Waals surface area contributed by atoms with Gasteiger partial charge in [0.05, 0.1) is 0 Å². The molecule has 0 heterocycles. The summed E-state index contributed by atoms with van der Waals surface area (Å²) in [4.78, 5) is 38.3. The summed E-state index contributed by atoms with van der Waals surface area (Å²) in [6.07, 6.45) is 81.3. The maximum absolute atomic E-state index is 12.9. The minimum Gasteiger partial charge on any atom is -0.462 e. The van der Waals surface area contributed by atoms with Gasteiger partial charge in [0.2, 0.25) is 0 Å². The molecule has 0 amide bonds. The first-order valence-electron chi connectivity index (χ1n) is 35.7. The molecule has 1 atom stereocenters. The molecule has 0 spiro atoms. The van der Waals surface area contributed by atoms with E-state index in [2.05, 4.69) is 32.9 Å². The minimum absolute atomic E-state index is 0.0655. The van der Waals surface area contributed by atoms with Crippen LogP contribution in [0.5, 0.6) is 0 Å². The molecule has 0 aliphatic heterocycles. The molecule has 0 aromatic heterocycles. The molecule has 462 valence electrons. The standard InChI is InChI=1S/C72H138O6/c1-4-7-10-13-16-19-22-24-26-28-29-30-31-32-33-34-35-36-37-38-39-40-41-42-43-45-46-48-50-53-56-59-62-65-71(74)77-68-69(67-76-70(73)64-61-58-55-52-21-18-15-12-9-6-3)78-72(75)66-63-60-57-54-51-49-47-44-27-25-23-20-17-14-11-8-5-2/h25,27,69H,4-24,26,28-68H2,1-3H3/b27-25-. The average Bonchev–Trinajstić information content (AvgIpc) is 3.44. The highest BCUT2D eigenvalue weighted by molar-refractivity contribution is 5.71. The van der Waals surface area contributed by atoms with E-state index >= 15 is 0 Å². The fraction of sp³-hybridized carbons (Fsp3) is 0.931. The van der Waals surface area contributed by atoms with Gasteiger partial charge in [-0.2, -0.15) is 0 Å². The van der Waals surface area contributed by atoms with Crippen LogP contribution in [0.2, 0.25) is 0 Å². The molecule has 0 aliphatic carbocycles. The number of carbonyl (C=O) groups is 3. The number of esters is 3. The summed E-state index contributed by atoms with van der Waals surface area (Å²) in [6, 6.07) is 0. The number of carbonyl (C=O) groups excluding carboxylic acids is 3. The van der Waals surface area contributed by atoms with Crippen molar-refractivity contribution in [2.75, 3.05) is 13.2 Å². The smallest absolute Gasteiger partial charge is 0.306 e. The predicted octanol–water partition coefficient (Wildman–Crippen LogP) is 24.4. The van der Waals surface area contributed by atoms with Crippen LogP contribution in [0.15, 0.2) is 12.2 Å². The number of hydrogen-bond acceptors (Lipinski definition) is 6. The summed E-state index contributed by atoms with van der Waals surface area (Å²) in [5, 5.41) is 0. The Morgan fingerprint density at radius 1 is 0.244 bits per heavy atom.